The molecule has 1 aromatic rings. The highest BCUT2D eigenvalue weighted by Gasteiger charge is 2.28. The number of carbonyl (C=O) groups is 1. The van der Waals surface area contributed by atoms with Crippen molar-refractivity contribution < 1.29 is 13.2 Å². The van der Waals surface area contributed by atoms with Gasteiger partial charge >= 0.3 is 0 Å². The predicted octanol–water partition coefficient (Wildman–Crippen LogP) is 3.10. The molecule has 0 radical (unpaired) electrons. The number of carbonyl (C=O) groups excluding carboxylic acids is 1. The van der Waals surface area contributed by atoms with Gasteiger partial charge in [0.1, 0.15) is 0 Å². The van der Waals surface area contributed by atoms with Crippen LogP contribution >= 0.6 is 0 Å². The Balaban J connectivity index is 2.44. The van der Waals surface area contributed by atoms with E-state index >= 15 is 0 Å². The van der Waals surface area contributed by atoms with E-state index in [1.807, 2.05) is 13.0 Å². The van der Waals surface area contributed by atoms with Crippen molar-refractivity contribution >= 4 is 20.5 Å². The largest absolute Gasteiger partial charge is 0.290 e. The zero-order valence-electron chi connectivity index (χ0n) is 10.8. The maximum atomic E-state index is 12.5. The monoisotopic (exact) mass is 276 g/mol. The van der Waals surface area contributed by atoms with E-state index in [-0.39, 0.29) is 15.6 Å². The molecular weight excluding hydrogens is 260 g/mol. The van der Waals surface area contributed by atoms with Crippen LogP contribution in [0.1, 0.15) is 31.7 Å². The van der Waals surface area contributed by atoms with Gasteiger partial charge in [0, 0.05) is 12.2 Å². The molecule has 0 aliphatic carbocycles. The summed E-state index contributed by atoms with van der Waals surface area (Å²) in [6.07, 6.45) is 4.54. The van der Waals surface area contributed by atoms with Crippen LogP contribution in [0.2, 0.25) is 0 Å². The van der Waals surface area contributed by atoms with Crippen LogP contribution in [0, 0.1) is 0 Å². The third-order valence-electron chi connectivity index (χ3n) is 3.05. The van der Waals surface area contributed by atoms with Crippen molar-refractivity contribution in [2.75, 3.05) is 0 Å². The number of rotatable bonds is 4. The van der Waals surface area contributed by atoms with E-state index in [9.17, 15) is 13.2 Å². The van der Waals surface area contributed by atoms with Crippen LogP contribution in [0.4, 0.5) is 0 Å². The van der Waals surface area contributed by atoms with Gasteiger partial charge in [-0.1, -0.05) is 43.7 Å². The van der Waals surface area contributed by atoms with Crippen LogP contribution in [-0.4, -0.2) is 14.2 Å². The number of unbranched alkanes of at least 4 members (excludes halogenated alkanes) is 1. The van der Waals surface area contributed by atoms with E-state index in [1.54, 1.807) is 24.3 Å². The third kappa shape index (κ3) is 2.84. The molecule has 3 nitrogen and oxygen atoms in total. The first-order chi connectivity index (χ1) is 9.05. The summed E-state index contributed by atoms with van der Waals surface area (Å²) in [5, 5.41) is 0. The van der Waals surface area contributed by atoms with Crippen LogP contribution in [0.3, 0.4) is 0 Å². The van der Waals surface area contributed by atoms with Crippen molar-refractivity contribution in [3.63, 3.8) is 0 Å². The van der Waals surface area contributed by atoms with Gasteiger partial charge in [0.2, 0.25) is 9.84 Å². The van der Waals surface area contributed by atoms with Crippen molar-refractivity contribution in [2.45, 2.75) is 26.2 Å². The Kier molecular flexibility index (Phi) is 4.00. The van der Waals surface area contributed by atoms with Crippen molar-refractivity contribution in [3.8, 4) is 0 Å². The van der Waals surface area contributed by atoms with Crippen LogP contribution in [-0.2, 0) is 14.6 Å². The van der Waals surface area contributed by atoms with Gasteiger partial charge in [0.15, 0.2) is 5.78 Å². The summed E-state index contributed by atoms with van der Waals surface area (Å²) in [5.74, 6) is -0.250. The van der Waals surface area contributed by atoms with E-state index in [2.05, 4.69) is 0 Å². The Hall–Kier alpha value is -1.68. The lowest BCUT2D eigenvalue weighted by atomic mass is 10.1. The maximum absolute atomic E-state index is 12.5. The number of benzene rings is 1. The smallest absolute Gasteiger partial charge is 0.203 e. The molecule has 0 N–H and O–H groups in total. The summed E-state index contributed by atoms with van der Waals surface area (Å²) < 4.78 is 25.0. The Labute approximate surface area is 113 Å². The van der Waals surface area contributed by atoms with Gasteiger partial charge in [-0.3, -0.25) is 4.79 Å². The Morgan fingerprint density at radius 2 is 1.74 bits per heavy atom. The SMILES string of the molecule is CCCCC1=CC(=O)C=C(c2ccccc2)S1(=O)=O. The van der Waals surface area contributed by atoms with Crippen LogP contribution in [0.5, 0.6) is 0 Å². The van der Waals surface area contributed by atoms with Crippen LogP contribution < -0.4 is 0 Å². The highest BCUT2D eigenvalue weighted by molar-refractivity contribution is 8.04. The fraction of sp³-hybridized carbons (Fsp3) is 0.267. The van der Waals surface area contributed by atoms with Gasteiger partial charge < -0.3 is 0 Å². The van der Waals surface area contributed by atoms with Gasteiger partial charge in [0.05, 0.1) is 9.81 Å². The quantitative estimate of drug-likeness (QED) is 0.849. The molecule has 0 saturated carbocycles. The first-order valence-electron chi connectivity index (χ1n) is 6.32. The van der Waals surface area contributed by atoms with E-state index < -0.39 is 9.84 Å². The van der Waals surface area contributed by atoms with Crippen LogP contribution in [0.15, 0.2) is 47.4 Å². The summed E-state index contributed by atoms with van der Waals surface area (Å²) in [5.41, 5.74) is 0.568. The third-order valence-corrected chi connectivity index (χ3v) is 4.99. The highest BCUT2D eigenvalue weighted by atomic mass is 32.2. The molecule has 0 bridgehead atoms. The average molecular weight is 276 g/mol. The molecule has 100 valence electrons. The van der Waals surface area contributed by atoms with Gasteiger partial charge in [-0.05, 0) is 18.4 Å². The maximum Gasteiger partial charge on any atom is 0.203 e. The predicted molar refractivity (Wildman–Crippen MR) is 76.0 cm³/mol. The molecule has 0 aromatic heterocycles. The summed E-state index contributed by atoms with van der Waals surface area (Å²) in [6.45, 7) is 1.99. The van der Waals surface area contributed by atoms with Crippen molar-refractivity contribution in [1.29, 1.82) is 0 Å². The van der Waals surface area contributed by atoms with Gasteiger partial charge in [-0.15, -0.1) is 0 Å². The Morgan fingerprint density at radius 3 is 2.37 bits per heavy atom. The molecule has 0 spiro atoms. The number of sulfone groups is 1. The van der Waals surface area contributed by atoms with E-state index in [1.165, 1.54) is 12.2 Å². The standard InChI is InChI=1S/C15H16O3S/c1-2-3-9-14-10-13(16)11-15(19(14,17)18)12-7-5-4-6-8-12/h4-8,10-11H,2-3,9H2,1H3. The molecular formula is C15H16O3S. The van der Waals surface area contributed by atoms with Crippen LogP contribution in [0.25, 0.3) is 4.91 Å². The normalized spacial score (nSPS) is 17.8. The second kappa shape index (κ2) is 5.53. The first-order valence-corrected chi connectivity index (χ1v) is 7.80. The van der Waals surface area contributed by atoms with Crippen molar-refractivity contribution in [2.24, 2.45) is 0 Å². The van der Waals surface area contributed by atoms with Gasteiger partial charge in [-0.25, -0.2) is 8.42 Å². The number of hydrogen-bond acceptors (Lipinski definition) is 3. The van der Waals surface area contributed by atoms with E-state index in [0.29, 0.717) is 12.0 Å². The first kappa shape index (κ1) is 13.7. The molecule has 1 aliphatic heterocycles. The fourth-order valence-corrected chi connectivity index (χ4v) is 3.71. The summed E-state index contributed by atoms with van der Waals surface area (Å²) >= 11 is 0. The molecule has 0 atom stereocenters. The van der Waals surface area contributed by atoms with E-state index in [0.717, 1.165) is 12.8 Å². The minimum Gasteiger partial charge on any atom is -0.290 e. The Bertz CT molecular complexity index is 637. The molecule has 4 heteroatoms. The topological polar surface area (TPSA) is 51.2 Å². The summed E-state index contributed by atoms with van der Waals surface area (Å²) in [7, 11) is -3.52. The minimum atomic E-state index is -3.52. The highest BCUT2D eigenvalue weighted by Crippen LogP contribution is 2.32. The molecule has 1 aliphatic rings. The molecule has 0 amide bonds. The lowest BCUT2D eigenvalue weighted by molar-refractivity contribution is -0.110. The zero-order valence-corrected chi connectivity index (χ0v) is 11.6. The number of hydrogen-bond donors (Lipinski definition) is 0. The molecule has 1 heterocycles. The summed E-state index contributed by atoms with van der Waals surface area (Å²) in [4.78, 5) is 12.0. The van der Waals surface area contributed by atoms with Crippen molar-refractivity contribution in [1.82, 2.24) is 0 Å². The van der Waals surface area contributed by atoms with Gasteiger partial charge in [-0.2, -0.15) is 0 Å². The van der Waals surface area contributed by atoms with E-state index in [4.69, 9.17) is 0 Å². The summed E-state index contributed by atoms with van der Waals surface area (Å²) in [6, 6.07) is 8.76. The molecule has 19 heavy (non-hydrogen) atoms. The average Bonchev–Trinajstić information content (AvgIpc) is 2.40. The van der Waals surface area contributed by atoms with Gasteiger partial charge in [0.25, 0.3) is 0 Å². The number of allylic oxidation sites excluding steroid dienone is 3. The Morgan fingerprint density at radius 1 is 1.05 bits per heavy atom. The fourth-order valence-electron chi connectivity index (χ4n) is 2.02. The van der Waals surface area contributed by atoms with Crippen molar-refractivity contribution in [3.05, 3.63) is 53.0 Å². The lowest BCUT2D eigenvalue weighted by Crippen LogP contribution is -2.14. The molecule has 0 unspecified atom stereocenters. The molecule has 2 rings (SSSR count). The zero-order chi connectivity index (χ0) is 13.9. The lowest BCUT2D eigenvalue weighted by Gasteiger charge is -2.15. The minimum absolute atomic E-state index is 0.117. The second-order valence-electron chi connectivity index (χ2n) is 4.49. The number of ketones is 1. The molecule has 0 fully saturated rings. The molecule has 1 aromatic carbocycles. The second-order valence-corrected chi connectivity index (χ2v) is 6.47. The molecule has 0 saturated heterocycles.